The number of hydrogen-bond donors (Lipinski definition) is 2. The minimum Gasteiger partial charge on any atom is -0.337 e. The second-order valence-corrected chi connectivity index (χ2v) is 5.01. The first-order valence-electron chi connectivity index (χ1n) is 5.71. The van der Waals surface area contributed by atoms with Crippen molar-refractivity contribution >= 4 is 12.2 Å². The summed E-state index contributed by atoms with van der Waals surface area (Å²) < 4.78 is 0.714. The Morgan fingerprint density at radius 2 is 2.19 bits per heavy atom. The summed E-state index contributed by atoms with van der Waals surface area (Å²) in [5.74, 6) is 1.07. The van der Waals surface area contributed by atoms with Crippen molar-refractivity contribution in [3.05, 3.63) is 40.0 Å². The number of hydrogen-bond acceptors (Lipinski definition) is 1. The molecule has 16 heavy (non-hydrogen) atoms. The standard InChI is InChI=1S/C13H18N2S/c1-8-5-4-6-11(9(8)2)10(3)12-7-14-13(16)15-12/h4-5,7,10-11H,6H2,1-3H3,(H2,14,15,16)/t10-,11?/m0/s1. The molecule has 0 spiro atoms. The largest absolute Gasteiger partial charge is 0.337 e. The van der Waals surface area contributed by atoms with Crippen LogP contribution in [-0.2, 0) is 0 Å². The van der Waals surface area contributed by atoms with Crippen molar-refractivity contribution in [1.29, 1.82) is 0 Å². The van der Waals surface area contributed by atoms with E-state index in [1.165, 1.54) is 16.8 Å². The smallest absolute Gasteiger partial charge is 0.174 e. The molecule has 86 valence electrons. The minimum absolute atomic E-state index is 0.479. The van der Waals surface area contributed by atoms with Gasteiger partial charge >= 0.3 is 0 Å². The average molecular weight is 234 g/mol. The summed E-state index contributed by atoms with van der Waals surface area (Å²) >= 11 is 5.07. The molecule has 0 saturated carbocycles. The summed E-state index contributed by atoms with van der Waals surface area (Å²) in [6.45, 7) is 6.68. The molecule has 1 aromatic heterocycles. The third-order valence-electron chi connectivity index (χ3n) is 3.65. The van der Waals surface area contributed by atoms with Gasteiger partial charge in [0.1, 0.15) is 0 Å². The van der Waals surface area contributed by atoms with E-state index in [1.54, 1.807) is 0 Å². The molecule has 1 heterocycles. The van der Waals surface area contributed by atoms with Crippen LogP contribution in [0.15, 0.2) is 29.5 Å². The molecule has 0 aliphatic heterocycles. The highest BCUT2D eigenvalue weighted by molar-refractivity contribution is 7.71. The predicted molar refractivity (Wildman–Crippen MR) is 70.0 cm³/mol. The first-order valence-corrected chi connectivity index (χ1v) is 6.12. The molecule has 0 amide bonds. The highest BCUT2D eigenvalue weighted by Gasteiger charge is 2.23. The molecule has 0 radical (unpaired) electrons. The van der Waals surface area contributed by atoms with Gasteiger partial charge in [-0.1, -0.05) is 30.2 Å². The Morgan fingerprint density at radius 1 is 1.44 bits per heavy atom. The maximum atomic E-state index is 5.07. The summed E-state index contributed by atoms with van der Waals surface area (Å²) in [6, 6.07) is 0. The van der Waals surface area contributed by atoms with Crippen LogP contribution >= 0.6 is 12.2 Å². The molecule has 0 bridgehead atoms. The topological polar surface area (TPSA) is 31.6 Å². The van der Waals surface area contributed by atoms with E-state index >= 15 is 0 Å². The fraction of sp³-hybridized carbons (Fsp3) is 0.462. The number of aromatic nitrogens is 2. The van der Waals surface area contributed by atoms with E-state index in [9.17, 15) is 0 Å². The Morgan fingerprint density at radius 3 is 2.81 bits per heavy atom. The van der Waals surface area contributed by atoms with Gasteiger partial charge in [0, 0.05) is 17.8 Å². The number of nitrogens with one attached hydrogen (secondary N) is 2. The zero-order valence-corrected chi connectivity index (χ0v) is 10.8. The van der Waals surface area contributed by atoms with E-state index < -0.39 is 0 Å². The van der Waals surface area contributed by atoms with Crippen molar-refractivity contribution in [2.24, 2.45) is 5.92 Å². The lowest BCUT2D eigenvalue weighted by Crippen LogP contribution is -2.14. The van der Waals surface area contributed by atoms with Crippen LogP contribution < -0.4 is 0 Å². The Kier molecular flexibility index (Phi) is 3.15. The van der Waals surface area contributed by atoms with Gasteiger partial charge in [-0.2, -0.15) is 0 Å². The molecule has 1 aromatic rings. The zero-order chi connectivity index (χ0) is 11.7. The van der Waals surface area contributed by atoms with Crippen molar-refractivity contribution in [2.45, 2.75) is 33.1 Å². The number of rotatable bonds is 2. The van der Waals surface area contributed by atoms with Crippen LogP contribution in [0.3, 0.4) is 0 Å². The second-order valence-electron chi connectivity index (χ2n) is 4.60. The van der Waals surface area contributed by atoms with Gasteiger partial charge in [0.2, 0.25) is 0 Å². The number of allylic oxidation sites excluding steroid dienone is 4. The molecule has 2 rings (SSSR count). The molecule has 2 N–H and O–H groups in total. The predicted octanol–water partition coefficient (Wildman–Crippen LogP) is 4.09. The third kappa shape index (κ3) is 2.05. The monoisotopic (exact) mass is 234 g/mol. The van der Waals surface area contributed by atoms with E-state index in [1.807, 2.05) is 6.20 Å². The van der Waals surface area contributed by atoms with Gasteiger partial charge in [-0.3, -0.25) is 0 Å². The summed E-state index contributed by atoms with van der Waals surface area (Å²) in [5, 5.41) is 0. The van der Waals surface area contributed by atoms with Crippen LogP contribution in [-0.4, -0.2) is 9.97 Å². The van der Waals surface area contributed by atoms with Crippen molar-refractivity contribution < 1.29 is 0 Å². The summed E-state index contributed by atoms with van der Waals surface area (Å²) in [6.07, 6.45) is 7.60. The van der Waals surface area contributed by atoms with Crippen LogP contribution in [0, 0.1) is 10.7 Å². The van der Waals surface area contributed by atoms with Crippen molar-refractivity contribution in [3.63, 3.8) is 0 Å². The lowest BCUT2D eigenvalue weighted by Gasteiger charge is -2.26. The van der Waals surface area contributed by atoms with Crippen LogP contribution in [0.4, 0.5) is 0 Å². The maximum Gasteiger partial charge on any atom is 0.174 e. The van der Waals surface area contributed by atoms with Crippen LogP contribution in [0.25, 0.3) is 0 Å². The van der Waals surface area contributed by atoms with Gasteiger partial charge in [0.25, 0.3) is 0 Å². The SMILES string of the molecule is CC1=C(C)C([C@H](C)c2c[nH]c(=S)[nH]2)CC=C1. The van der Waals surface area contributed by atoms with Gasteiger partial charge < -0.3 is 9.97 Å². The van der Waals surface area contributed by atoms with Gasteiger partial charge in [0.05, 0.1) is 0 Å². The quantitative estimate of drug-likeness (QED) is 0.742. The molecule has 1 aliphatic carbocycles. The summed E-state index contributed by atoms with van der Waals surface area (Å²) in [4.78, 5) is 6.26. The van der Waals surface area contributed by atoms with Crippen molar-refractivity contribution in [3.8, 4) is 0 Å². The second kappa shape index (κ2) is 4.42. The van der Waals surface area contributed by atoms with Crippen molar-refractivity contribution in [2.75, 3.05) is 0 Å². The minimum atomic E-state index is 0.479. The molecule has 2 nitrogen and oxygen atoms in total. The third-order valence-corrected chi connectivity index (χ3v) is 3.87. The lowest BCUT2D eigenvalue weighted by atomic mass is 9.79. The molecule has 2 atom stereocenters. The van der Waals surface area contributed by atoms with E-state index in [0.717, 1.165) is 6.42 Å². The van der Waals surface area contributed by atoms with E-state index in [0.29, 0.717) is 16.6 Å². The fourth-order valence-electron chi connectivity index (χ4n) is 2.38. The molecule has 0 saturated heterocycles. The molecular formula is C13H18N2S. The first-order chi connectivity index (χ1) is 7.59. The first kappa shape index (κ1) is 11.4. The van der Waals surface area contributed by atoms with Gasteiger partial charge in [-0.05, 0) is 38.4 Å². The lowest BCUT2D eigenvalue weighted by molar-refractivity contribution is 0.503. The molecule has 3 heteroatoms. The molecule has 0 fully saturated rings. The van der Waals surface area contributed by atoms with Gasteiger partial charge in [0.15, 0.2) is 4.77 Å². The van der Waals surface area contributed by atoms with E-state index in [2.05, 4.69) is 42.9 Å². The average Bonchev–Trinajstić information content (AvgIpc) is 2.68. The van der Waals surface area contributed by atoms with Crippen LogP contribution in [0.5, 0.6) is 0 Å². The van der Waals surface area contributed by atoms with E-state index in [-0.39, 0.29) is 0 Å². The van der Waals surface area contributed by atoms with E-state index in [4.69, 9.17) is 12.2 Å². The maximum absolute atomic E-state index is 5.07. The number of aromatic amines is 2. The fourth-order valence-corrected chi connectivity index (χ4v) is 2.56. The highest BCUT2D eigenvalue weighted by atomic mass is 32.1. The van der Waals surface area contributed by atoms with Crippen LogP contribution in [0.1, 0.15) is 38.8 Å². The molecule has 1 aliphatic rings. The highest BCUT2D eigenvalue weighted by Crippen LogP contribution is 2.35. The zero-order valence-electron chi connectivity index (χ0n) is 10.0. The van der Waals surface area contributed by atoms with Crippen LogP contribution in [0.2, 0.25) is 0 Å². The molecule has 0 aromatic carbocycles. The number of imidazole rings is 1. The normalized spacial score (nSPS) is 22.6. The molecule has 1 unspecified atom stereocenters. The summed E-state index contributed by atoms with van der Waals surface area (Å²) in [5.41, 5.74) is 4.10. The Hall–Kier alpha value is -1.09. The van der Waals surface area contributed by atoms with Gasteiger partial charge in [-0.15, -0.1) is 0 Å². The van der Waals surface area contributed by atoms with Gasteiger partial charge in [-0.25, -0.2) is 0 Å². The Bertz CT molecular complexity index is 490. The summed E-state index contributed by atoms with van der Waals surface area (Å²) in [7, 11) is 0. The Labute approximate surface area is 101 Å². The number of H-pyrrole nitrogens is 2. The van der Waals surface area contributed by atoms with Crippen molar-refractivity contribution in [1.82, 2.24) is 9.97 Å². The molecular weight excluding hydrogens is 216 g/mol. The Balaban J connectivity index is 2.26.